The van der Waals surface area contributed by atoms with E-state index in [1.54, 1.807) is 0 Å². The summed E-state index contributed by atoms with van der Waals surface area (Å²) in [4.78, 5) is 48.8. The molecule has 0 spiro atoms. The Morgan fingerprint density at radius 1 is 1.40 bits per heavy atom. The van der Waals surface area contributed by atoms with Crippen molar-refractivity contribution in [1.82, 2.24) is 9.97 Å². The van der Waals surface area contributed by atoms with Crippen molar-refractivity contribution in [3.8, 4) is 0 Å². The van der Waals surface area contributed by atoms with Crippen LogP contribution in [0.3, 0.4) is 0 Å². The molecule has 0 atom stereocenters. The molecule has 1 aromatic rings. The summed E-state index contributed by atoms with van der Waals surface area (Å²) >= 11 is 0. The Balaban J connectivity index is 0.00000112. The molecule has 0 saturated carbocycles. The first-order valence-electron chi connectivity index (χ1n) is 3.41. The minimum absolute atomic E-state index is 0. The van der Waals surface area contributed by atoms with Crippen LogP contribution in [0, 0.1) is 0 Å². The van der Waals surface area contributed by atoms with Crippen molar-refractivity contribution in [2.24, 2.45) is 4.99 Å². The molecule has 8 nitrogen and oxygen atoms in total. The maximum absolute atomic E-state index is 11.1. The second-order valence-corrected chi connectivity index (χ2v) is 5.56. The van der Waals surface area contributed by atoms with Gasteiger partial charge < -0.3 is 0 Å². The maximum atomic E-state index is 11.1. The van der Waals surface area contributed by atoms with Crippen LogP contribution in [0.1, 0.15) is 0 Å². The zero-order chi connectivity index (χ0) is 10.6. The Hall–Kier alpha value is -0.0803. The second kappa shape index (κ2) is 3.46. The molecule has 0 aromatic carbocycles. The molecule has 10 heteroatoms. The molecule has 1 aliphatic rings. The summed E-state index contributed by atoms with van der Waals surface area (Å²) in [6, 6.07) is 0. The molecule has 0 amide bonds. The van der Waals surface area contributed by atoms with Crippen molar-refractivity contribution in [2.75, 3.05) is 0 Å². The van der Waals surface area contributed by atoms with Crippen LogP contribution >= 0.6 is 7.28 Å². The van der Waals surface area contributed by atoms with Crippen LogP contribution in [0.15, 0.2) is 9.79 Å². The molecule has 0 fully saturated rings. The molecule has 0 saturated heterocycles. The van der Waals surface area contributed by atoms with Crippen molar-refractivity contribution in [3.63, 3.8) is 0 Å². The molecule has 2 rings (SSSR count). The Morgan fingerprint density at radius 2 is 2.00 bits per heavy atom. The standard InChI is InChI=1S/C5H6N4O4P.Ca/c6-5-8-3(10)2-4(9-5)14(11,12,13)1-7-2;/h1,11-13H,(H2-,6,8,9,10);/q-1;+2/p-1. The Kier molecular flexibility index (Phi) is 2.99. The molecule has 0 aliphatic carbocycles. The van der Waals surface area contributed by atoms with E-state index in [1.165, 1.54) is 0 Å². The molecular weight excluding hydrogens is 251 g/mol. The van der Waals surface area contributed by atoms with Crippen molar-refractivity contribution in [2.45, 2.75) is 0 Å². The number of nitrogens with zero attached hydrogens (tertiary/aromatic N) is 3. The van der Waals surface area contributed by atoms with E-state index in [9.17, 15) is 19.5 Å². The van der Waals surface area contributed by atoms with Gasteiger partial charge in [-0.1, -0.05) is 0 Å². The number of rotatable bonds is 0. The number of hydrogen-bond acceptors (Lipinski definition) is 6. The summed E-state index contributed by atoms with van der Waals surface area (Å²) in [5.41, 5.74) is 4.97. The predicted molar refractivity (Wildman–Crippen MR) is 54.9 cm³/mol. The van der Waals surface area contributed by atoms with Gasteiger partial charge in [0.05, 0.1) is 0 Å². The fourth-order valence-corrected chi connectivity index (χ4v) is 2.34. The first-order chi connectivity index (χ1) is 6.28. The minimum atomic E-state index is -5.25. The van der Waals surface area contributed by atoms with Gasteiger partial charge in [-0.25, -0.2) is 0 Å². The third kappa shape index (κ3) is 2.07. The van der Waals surface area contributed by atoms with E-state index >= 15 is 0 Å². The molecule has 1 aromatic heterocycles. The second-order valence-electron chi connectivity index (χ2n) is 2.81. The molecule has 0 bridgehead atoms. The average Bonchev–Trinajstić information content (AvgIpc) is 2.23. The predicted octanol–water partition coefficient (Wildman–Crippen LogP) is -1.72. The van der Waals surface area contributed by atoms with Gasteiger partial charge in [0.15, 0.2) is 0 Å². The van der Waals surface area contributed by atoms with E-state index < -0.39 is 29.9 Å². The van der Waals surface area contributed by atoms with Crippen molar-refractivity contribution in [3.05, 3.63) is 16.1 Å². The van der Waals surface area contributed by atoms with Gasteiger partial charge in [-0.3, -0.25) is 0 Å². The molecule has 4 N–H and O–H groups in total. The summed E-state index contributed by atoms with van der Waals surface area (Å²) in [7, 11) is -5.25. The van der Waals surface area contributed by atoms with Crippen LogP contribution in [0.25, 0.3) is 5.73 Å². The van der Waals surface area contributed by atoms with Crippen LogP contribution in [0.2, 0.25) is 0 Å². The Bertz CT molecular complexity index is 504. The topological polar surface area (TPSA) is 141 Å². The molecule has 15 heavy (non-hydrogen) atoms. The Morgan fingerprint density at radius 3 is 2.60 bits per heavy atom. The number of fused-ring (bicyclic) bond motifs is 1. The average molecular weight is 256 g/mol. The van der Waals surface area contributed by atoms with Crippen LogP contribution < -0.4 is 16.0 Å². The summed E-state index contributed by atoms with van der Waals surface area (Å²) in [5, 5.41) is 0. The molecule has 0 unspecified atom stereocenters. The SMILES string of the molecule is [Ca+2].[NH-]c1nc2c(c(=O)[n-]1)N=CP2(O)(O)O. The number of aromatic nitrogens is 2. The molecule has 2 heterocycles. The van der Waals surface area contributed by atoms with Gasteiger partial charge >= 0.3 is 114 Å². The van der Waals surface area contributed by atoms with E-state index in [2.05, 4.69) is 15.0 Å². The van der Waals surface area contributed by atoms with Crippen molar-refractivity contribution < 1.29 is 14.7 Å². The van der Waals surface area contributed by atoms with Crippen LogP contribution in [-0.4, -0.2) is 63.4 Å². The third-order valence-electron chi connectivity index (χ3n) is 1.64. The molecule has 1 aliphatic heterocycles. The Labute approximate surface area is 113 Å². The van der Waals surface area contributed by atoms with Crippen molar-refractivity contribution in [1.29, 1.82) is 0 Å². The van der Waals surface area contributed by atoms with Gasteiger partial charge in [0.2, 0.25) is 0 Å². The van der Waals surface area contributed by atoms with Crippen LogP contribution in [0.5, 0.6) is 0 Å². The first kappa shape index (κ1) is 13.0. The first-order valence-corrected chi connectivity index (χ1v) is 5.58. The molecule has 0 radical (unpaired) electrons. The summed E-state index contributed by atoms with van der Waals surface area (Å²) in [5.74, 6) is -0.211. The number of hydrogen-bond donors (Lipinski definition) is 3. The quantitative estimate of drug-likeness (QED) is 0.372. The van der Waals surface area contributed by atoms with E-state index in [0.29, 0.717) is 5.96 Å². The third-order valence-corrected chi connectivity index (χ3v) is 3.31. The van der Waals surface area contributed by atoms with E-state index in [1.807, 2.05) is 0 Å². The zero-order valence-electron chi connectivity index (χ0n) is 7.32. The summed E-state index contributed by atoms with van der Waals surface area (Å²) in [6.45, 7) is 0. The fraction of sp³-hybridized carbons (Fsp3) is 0. The fourth-order valence-electron chi connectivity index (χ4n) is 1.05. The van der Waals surface area contributed by atoms with Gasteiger partial charge in [0.25, 0.3) is 0 Å². The van der Waals surface area contributed by atoms with Crippen molar-refractivity contribution >= 4 is 68.0 Å². The van der Waals surface area contributed by atoms with E-state index in [-0.39, 0.29) is 37.7 Å². The van der Waals surface area contributed by atoms with Gasteiger partial charge in [-0.05, 0) is 0 Å². The number of nitrogens with one attached hydrogen (secondary N) is 1. The number of aliphatic imine (C=N–C) groups is 1. The van der Waals surface area contributed by atoms with Gasteiger partial charge in [0, 0.05) is 0 Å². The van der Waals surface area contributed by atoms with Gasteiger partial charge in [-0.2, -0.15) is 0 Å². The van der Waals surface area contributed by atoms with Gasteiger partial charge in [0.1, 0.15) is 0 Å². The monoisotopic (exact) mass is 256 g/mol. The van der Waals surface area contributed by atoms with E-state index in [0.717, 1.165) is 0 Å². The van der Waals surface area contributed by atoms with Gasteiger partial charge in [-0.15, -0.1) is 0 Å². The van der Waals surface area contributed by atoms with Crippen LogP contribution in [0.4, 0.5) is 11.6 Å². The van der Waals surface area contributed by atoms with E-state index in [4.69, 9.17) is 5.73 Å². The summed E-state index contributed by atoms with van der Waals surface area (Å²) < 4.78 is 0. The van der Waals surface area contributed by atoms with Crippen LogP contribution in [-0.2, 0) is 0 Å². The zero-order valence-corrected chi connectivity index (χ0v) is 10.4. The molecular formula is C5H5CaN4O4P. The summed E-state index contributed by atoms with van der Waals surface area (Å²) in [6.07, 6.45) is 0. The normalized spacial score (nSPS) is 22.2. The molecule has 76 valence electrons.